The van der Waals surface area contributed by atoms with E-state index in [0.29, 0.717) is 44.0 Å². The Labute approximate surface area is 225 Å². The van der Waals surface area contributed by atoms with Crippen LogP contribution in [0.5, 0.6) is 0 Å². The third-order valence-electron chi connectivity index (χ3n) is 8.28. The maximum atomic E-state index is 13.4. The quantitative estimate of drug-likeness (QED) is 0.411. The number of nitrogens with two attached hydrogens (primary N) is 1. The van der Waals surface area contributed by atoms with E-state index in [-0.39, 0.29) is 23.8 Å². The van der Waals surface area contributed by atoms with Gasteiger partial charge in [0.25, 0.3) is 0 Å². The fourth-order valence-corrected chi connectivity index (χ4v) is 6.54. The van der Waals surface area contributed by atoms with Crippen LogP contribution in [0.2, 0.25) is 5.02 Å². The van der Waals surface area contributed by atoms with Gasteiger partial charge in [-0.25, -0.2) is 0 Å². The number of halogens is 1. The molecule has 5 unspecified atom stereocenters. The third-order valence-corrected chi connectivity index (χ3v) is 8.59. The van der Waals surface area contributed by atoms with Crippen LogP contribution in [0.1, 0.15) is 56.1 Å². The Kier molecular flexibility index (Phi) is 9.30. The molecular formula is C30H41ClN2O4. The zero-order valence-corrected chi connectivity index (χ0v) is 22.8. The monoisotopic (exact) mass is 528 g/mol. The fourth-order valence-electron chi connectivity index (χ4n) is 6.25. The molecule has 1 aliphatic heterocycles. The van der Waals surface area contributed by atoms with Gasteiger partial charge in [-0.3, -0.25) is 4.79 Å². The molecule has 1 amide bonds. The molecule has 0 bridgehead atoms. The summed E-state index contributed by atoms with van der Waals surface area (Å²) in [4.78, 5) is 15.3. The second-order valence-electron chi connectivity index (χ2n) is 10.9. The minimum atomic E-state index is -1.16. The van der Waals surface area contributed by atoms with Gasteiger partial charge < -0.3 is 25.6 Å². The van der Waals surface area contributed by atoms with Crippen molar-refractivity contribution in [3.05, 3.63) is 58.6 Å². The summed E-state index contributed by atoms with van der Waals surface area (Å²) in [7, 11) is 1.69. The van der Waals surface area contributed by atoms with Crippen LogP contribution in [0.4, 0.5) is 0 Å². The highest BCUT2D eigenvalue weighted by molar-refractivity contribution is 6.33. The van der Waals surface area contributed by atoms with Crippen molar-refractivity contribution in [1.82, 2.24) is 4.90 Å². The summed E-state index contributed by atoms with van der Waals surface area (Å²) in [6.45, 7) is 3.82. The molecule has 1 saturated carbocycles. The molecule has 0 radical (unpaired) electrons. The van der Waals surface area contributed by atoms with Gasteiger partial charge in [-0.15, -0.1) is 0 Å². The smallest absolute Gasteiger partial charge is 0.225 e. The highest BCUT2D eigenvalue weighted by atomic mass is 35.5. The summed E-state index contributed by atoms with van der Waals surface area (Å²) in [5.41, 5.74) is 8.62. The first-order chi connectivity index (χ1) is 17.7. The lowest BCUT2D eigenvalue weighted by Gasteiger charge is -2.44. The minimum Gasteiger partial charge on any atom is -0.391 e. The molecule has 1 saturated heterocycles. The number of aliphatic hydroxyl groups excluding tert-OH is 1. The third kappa shape index (κ3) is 6.21. The van der Waals surface area contributed by atoms with Crippen molar-refractivity contribution >= 4 is 17.5 Å². The summed E-state index contributed by atoms with van der Waals surface area (Å²) in [5, 5.41) is 23.3. The van der Waals surface area contributed by atoms with Crippen LogP contribution in [-0.4, -0.2) is 60.0 Å². The predicted octanol–water partition coefficient (Wildman–Crippen LogP) is 4.66. The van der Waals surface area contributed by atoms with Gasteiger partial charge in [0.05, 0.1) is 11.7 Å². The zero-order chi connectivity index (χ0) is 26.6. The second kappa shape index (κ2) is 12.3. The Morgan fingerprint density at radius 1 is 1.22 bits per heavy atom. The molecule has 6 nitrogen and oxygen atoms in total. The van der Waals surface area contributed by atoms with E-state index in [1.165, 1.54) is 0 Å². The fraction of sp³-hybridized carbons (Fsp3) is 0.567. The van der Waals surface area contributed by atoms with E-state index in [4.69, 9.17) is 22.1 Å². The van der Waals surface area contributed by atoms with E-state index in [1.54, 1.807) is 7.11 Å². The summed E-state index contributed by atoms with van der Waals surface area (Å²) in [6.07, 6.45) is 4.10. The topological polar surface area (TPSA) is 96.0 Å². The average molecular weight is 529 g/mol. The molecule has 2 fully saturated rings. The van der Waals surface area contributed by atoms with Gasteiger partial charge in [-0.2, -0.15) is 0 Å². The van der Waals surface area contributed by atoms with Crippen molar-refractivity contribution in [1.29, 1.82) is 0 Å². The van der Waals surface area contributed by atoms with Gasteiger partial charge in [0.15, 0.2) is 0 Å². The van der Waals surface area contributed by atoms with Crippen LogP contribution in [0, 0.1) is 18.8 Å². The summed E-state index contributed by atoms with van der Waals surface area (Å²) < 4.78 is 5.27. The summed E-state index contributed by atoms with van der Waals surface area (Å²) in [5.74, 6) is -0.356. The first-order valence-electron chi connectivity index (χ1n) is 13.5. The number of rotatable bonds is 9. The number of aryl methyl sites for hydroxylation is 1. The van der Waals surface area contributed by atoms with Gasteiger partial charge in [0, 0.05) is 55.3 Å². The number of benzene rings is 2. The Morgan fingerprint density at radius 3 is 2.70 bits per heavy atom. The first-order valence-corrected chi connectivity index (χ1v) is 13.9. The van der Waals surface area contributed by atoms with E-state index >= 15 is 0 Å². The Morgan fingerprint density at radius 2 is 2.00 bits per heavy atom. The van der Waals surface area contributed by atoms with Crippen LogP contribution in [0.15, 0.2) is 42.5 Å². The number of aliphatic hydroxyl groups is 2. The van der Waals surface area contributed by atoms with Gasteiger partial charge >= 0.3 is 0 Å². The number of ether oxygens (including phenoxy) is 1. The Balaban J connectivity index is 1.68. The number of carbonyl (C=O) groups is 1. The average Bonchev–Trinajstić information content (AvgIpc) is 3.23. The number of carbonyl (C=O) groups excluding carboxylic acids is 1. The molecule has 2 aromatic carbocycles. The van der Waals surface area contributed by atoms with Crippen molar-refractivity contribution in [2.24, 2.45) is 17.6 Å². The van der Waals surface area contributed by atoms with Crippen molar-refractivity contribution in [3.8, 4) is 11.1 Å². The largest absolute Gasteiger partial charge is 0.391 e. The van der Waals surface area contributed by atoms with Gasteiger partial charge in [-0.1, -0.05) is 53.6 Å². The molecule has 7 heteroatoms. The zero-order valence-electron chi connectivity index (χ0n) is 22.0. The highest BCUT2D eigenvalue weighted by Crippen LogP contribution is 2.46. The second-order valence-corrected chi connectivity index (χ2v) is 11.3. The standard InChI is InChI=1S/C30H41ClN2O4/c1-20-8-5-9-21(16-20)28-24(11-6-12-25(28)31)30(36,13-3-4-15-37-2)23-10-7-14-33(19-23)29(35)22-17-26(32)27(34)18-22/h5-6,8-9,11-12,16,22-23,26-27,34,36H,3-4,7,10,13-15,17-19,32H2,1-2H3. The molecule has 2 aromatic rings. The molecular weight excluding hydrogens is 488 g/mol. The molecule has 202 valence electrons. The minimum absolute atomic E-state index is 0.0448. The van der Waals surface area contributed by atoms with E-state index in [2.05, 4.69) is 6.07 Å². The Hall–Kier alpha value is -1.96. The van der Waals surface area contributed by atoms with Crippen LogP contribution in [0.25, 0.3) is 11.1 Å². The molecule has 0 aromatic heterocycles. The predicted molar refractivity (Wildman–Crippen MR) is 147 cm³/mol. The molecule has 4 rings (SSSR count). The SMILES string of the molecule is COCCCCC(O)(c1cccc(Cl)c1-c1cccc(C)c1)C1CCCN(C(=O)C2CC(N)C(O)C2)C1. The van der Waals surface area contributed by atoms with Crippen molar-refractivity contribution in [3.63, 3.8) is 0 Å². The van der Waals surface area contributed by atoms with Gasteiger partial charge in [0.1, 0.15) is 0 Å². The van der Waals surface area contributed by atoms with Gasteiger partial charge in [-0.05, 0) is 69.1 Å². The molecule has 37 heavy (non-hydrogen) atoms. The van der Waals surface area contributed by atoms with E-state index in [0.717, 1.165) is 47.9 Å². The maximum Gasteiger partial charge on any atom is 0.225 e. The lowest BCUT2D eigenvalue weighted by atomic mass is 9.72. The number of unbranched alkanes of at least 4 members (excludes halogenated alkanes) is 1. The normalized spacial score (nSPS) is 25.7. The number of nitrogens with zero attached hydrogens (tertiary/aromatic N) is 1. The number of hydrogen-bond donors (Lipinski definition) is 3. The van der Waals surface area contributed by atoms with Crippen molar-refractivity contribution < 1.29 is 19.7 Å². The van der Waals surface area contributed by atoms with Crippen LogP contribution in [0.3, 0.4) is 0 Å². The van der Waals surface area contributed by atoms with Crippen molar-refractivity contribution in [2.45, 2.75) is 69.6 Å². The Bertz CT molecular complexity index is 1070. The summed E-state index contributed by atoms with van der Waals surface area (Å²) in [6, 6.07) is 13.6. The van der Waals surface area contributed by atoms with E-state index in [9.17, 15) is 15.0 Å². The van der Waals surface area contributed by atoms with E-state index < -0.39 is 11.7 Å². The molecule has 5 atom stereocenters. The number of likely N-dealkylation sites (tertiary alicyclic amines) is 1. The van der Waals surface area contributed by atoms with Crippen LogP contribution in [-0.2, 0) is 15.1 Å². The van der Waals surface area contributed by atoms with E-state index in [1.807, 2.05) is 48.2 Å². The molecule has 4 N–H and O–H groups in total. The first kappa shape index (κ1) is 28.1. The highest BCUT2D eigenvalue weighted by Gasteiger charge is 2.44. The molecule has 0 spiro atoms. The molecule has 1 heterocycles. The summed E-state index contributed by atoms with van der Waals surface area (Å²) >= 11 is 6.81. The number of methoxy groups -OCH3 is 1. The molecule has 2 aliphatic rings. The van der Waals surface area contributed by atoms with Gasteiger partial charge in [0.2, 0.25) is 5.91 Å². The number of piperidine rings is 1. The number of amides is 1. The van der Waals surface area contributed by atoms with Crippen LogP contribution < -0.4 is 5.73 Å². The maximum absolute atomic E-state index is 13.4. The van der Waals surface area contributed by atoms with Crippen molar-refractivity contribution in [2.75, 3.05) is 26.8 Å². The lowest BCUT2D eigenvalue weighted by molar-refractivity contribution is -0.141. The molecule has 1 aliphatic carbocycles. The lowest BCUT2D eigenvalue weighted by Crippen LogP contribution is -2.49. The van der Waals surface area contributed by atoms with Crippen LogP contribution >= 0.6 is 11.6 Å². The number of hydrogen-bond acceptors (Lipinski definition) is 5.